The fourth-order valence-electron chi connectivity index (χ4n) is 2.67. The van der Waals surface area contributed by atoms with Crippen molar-refractivity contribution in [1.29, 1.82) is 0 Å². The molecule has 0 radical (unpaired) electrons. The summed E-state index contributed by atoms with van der Waals surface area (Å²) < 4.78 is 0. The molecule has 0 unspecified atom stereocenters. The standard InChI is InChI=1S/C15H14ClN3O2/c16-13-8-7-12(19(20)21)14(17-13)18-15(9-4-10-15)11-5-2-1-3-6-11/h1-3,5-8H,4,9-10H2,(H,17,18). The van der Waals surface area contributed by atoms with Crippen LogP contribution in [-0.4, -0.2) is 9.91 Å². The maximum Gasteiger partial charge on any atom is 0.311 e. The molecule has 1 saturated carbocycles. The molecule has 2 aromatic rings. The molecule has 0 saturated heterocycles. The third-order valence-electron chi connectivity index (χ3n) is 3.93. The minimum atomic E-state index is -0.441. The first-order valence-electron chi connectivity index (χ1n) is 6.75. The van der Waals surface area contributed by atoms with E-state index in [1.807, 2.05) is 30.3 Å². The Kier molecular flexibility index (Phi) is 3.51. The highest BCUT2D eigenvalue weighted by Crippen LogP contribution is 2.45. The Bertz CT molecular complexity index is 672. The molecule has 1 fully saturated rings. The minimum Gasteiger partial charge on any atom is -0.355 e. The minimum absolute atomic E-state index is 0.0541. The Hall–Kier alpha value is -2.14. The smallest absolute Gasteiger partial charge is 0.311 e. The normalized spacial score (nSPS) is 16.0. The summed E-state index contributed by atoms with van der Waals surface area (Å²) in [6.07, 6.45) is 2.92. The maximum atomic E-state index is 11.1. The second-order valence-corrected chi connectivity index (χ2v) is 5.57. The number of nitrogens with one attached hydrogen (secondary N) is 1. The molecule has 0 atom stereocenters. The van der Waals surface area contributed by atoms with Crippen molar-refractivity contribution in [2.45, 2.75) is 24.8 Å². The zero-order valence-corrected chi connectivity index (χ0v) is 12.0. The second-order valence-electron chi connectivity index (χ2n) is 5.19. The van der Waals surface area contributed by atoms with E-state index in [1.54, 1.807) is 0 Å². The zero-order valence-electron chi connectivity index (χ0n) is 11.3. The summed E-state index contributed by atoms with van der Waals surface area (Å²) in [6, 6.07) is 12.8. The highest BCUT2D eigenvalue weighted by Gasteiger charge is 2.40. The van der Waals surface area contributed by atoms with E-state index in [-0.39, 0.29) is 22.2 Å². The van der Waals surface area contributed by atoms with Crippen molar-refractivity contribution in [2.75, 3.05) is 5.32 Å². The quantitative estimate of drug-likeness (QED) is 0.524. The number of anilines is 1. The summed E-state index contributed by atoms with van der Waals surface area (Å²) in [6.45, 7) is 0. The number of aromatic nitrogens is 1. The fourth-order valence-corrected chi connectivity index (χ4v) is 2.81. The van der Waals surface area contributed by atoms with Crippen molar-refractivity contribution in [3.63, 3.8) is 0 Å². The Labute approximate surface area is 127 Å². The number of rotatable bonds is 4. The first-order chi connectivity index (χ1) is 10.1. The summed E-state index contributed by atoms with van der Waals surface area (Å²) >= 11 is 5.88. The van der Waals surface area contributed by atoms with Gasteiger partial charge in [-0.25, -0.2) is 4.98 Å². The van der Waals surface area contributed by atoms with Gasteiger partial charge >= 0.3 is 5.69 Å². The molecule has 5 nitrogen and oxygen atoms in total. The average molecular weight is 304 g/mol. The van der Waals surface area contributed by atoms with Crippen LogP contribution in [0.25, 0.3) is 0 Å². The van der Waals surface area contributed by atoms with Crippen LogP contribution in [0.2, 0.25) is 5.15 Å². The zero-order chi connectivity index (χ0) is 14.9. The molecular weight excluding hydrogens is 290 g/mol. The van der Waals surface area contributed by atoms with Gasteiger partial charge in [-0.3, -0.25) is 10.1 Å². The molecule has 1 aromatic heterocycles. The number of benzene rings is 1. The van der Waals surface area contributed by atoms with Crippen LogP contribution in [0.3, 0.4) is 0 Å². The molecule has 0 amide bonds. The second kappa shape index (κ2) is 5.33. The van der Waals surface area contributed by atoms with E-state index in [0.29, 0.717) is 0 Å². The lowest BCUT2D eigenvalue weighted by Crippen LogP contribution is -2.42. The first kappa shape index (κ1) is 13.8. The molecule has 1 aliphatic rings. The van der Waals surface area contributed by atoms with Crippen LogP contribution in [-0.2, 0) is 5.54 Å². The summed E-state index contributed by atoms with van der Waals surface area (Å²) in [4.78, 5) is 14.8. The maximum absolute atomic E-state index is 11.1. The van der Waals surface area contributed by atoms with Crippen LogP contribution in [0.4, 0.5) is 11.5 Å². The van der Waals surface area contributed by atoms with Gasteiger partial charge in [0.15, 0.2) is 0 Å². The van der Waals surface area contributed by atoms with Crippen molar-refractivity contribution in [3.8, 4) is 0 Å². The van der Waals surface area contributed by atoms with Gasteiger partial charge in [-0.15, -0.1) is 0 Å². The van der Waals surface area contributed by atoms with E-state index in [2.05, 4.69) is 10.3 Å². The number of nitrogens with zero attached hydrogens (tertiary/aromatic N) is 2. The van der Waals surface area contributed by atoms with Crippen molar-refractivity contribution in [1.82, 2.24) is 4.98 Å². The fraction of sp³-hybridized carbons (Fsp3) is 0.267. The van der Waals surface area contributed by atoms with Gasteiger partial charge in [0.2, 0.25) is 5.82 Å². The molecule has 6 heteroatoms. The number of hydrogen-bond donors (Lipinski definition) is 1. The number of hydrogen-bond acceptors (Lipinski definition) is 4. The average Bonchev–Trinajstić information content (AvgIpc) is 2.43. The Morgan fingerprint density at radius 1 is 1.19 bits per heavy atom. The molecule has 1 N–H and O–H groups in total. The largest absolute Gasteiger partial charge is 0.355 e. The van der Waals surface area contributed by atoms with E-state index in [4.69, 9.17) is 11.6 Å². The van der Waals surface area contributed by atoms with Gasteiger partial charge in [0.1, 0.15) is 5.15 Å². The van der Waals surface area contributed by atoms with Crippen LogP contribution in [0.1, 0.15) is 24.8 Å². The molecular formula is C15H14ClN3O2. The van der Waals surface area contributed by atoms with Crippen LogP contribution < -0.4 is 5.32 Å². The first-order valence-corrected chi connectivity index (χ1v) is 7.13. The Morgan fingerprint density at radius 2 is 1.90 bits per heavy atom. The molecule has 1 aliphatic carbocycles. The van der Waals surface area contributed by atoms with E-state index >= 15 is 0 Å². The van der Waals surface area contributed by atoms with E-state index < -0.39 is 4.92 Å². The van der Waals surface area contributed by atoms with Gasteiger partial charge in [-0.2, -0.15) is 0 Å². The van der Waals surface area contributed by atoms with E-state index in [9.17, 15) is 10.1 Å². The molecule has 0 bridgehead atoms. The molecule has 0 aliphatic heterocycles. The third-order valence-corrected chi connectivity index (χ3v) is 4.14. The van der Waals surface area contributed by atoms with Crippen LogP contribution in [0.5, 0.6) is 0 Å². The molecule has 0 spiro atoms. The monoisotopic (exact) mass is 303 g/mol. The molecule has 108 valence electrons. The van der Waals surface area contributed by atoms with Crippen LogP contribution in [0, 0.1) is 10.1 Å². The molecule has 1 heterocycles. The topological polar surface area (TPSA) is 68.1 Å². The van der Waals surface area contributed by atoms with Crippen molar-refractivity contribution >= 4 is 23.1 Å². The lowest BCUT2D eigenvalue weighted by Gasteiger charge is -2.43. The van der Waals surface area contributed by atoms with Gasteiger partial charge in [-0.1, -0.05) is 41.9 Å². The number of pyridine rings is 1. The van der Waals surface area contributed by atoms with Crippen LogP contribution >= 0.6 is 11.6 Å². The summed E-state index contributed by atoms with van der Waals surface area (Å²) in [5.74, 6) is 0.232. The Balaban J connectivity index is 1.99. The van der Waals surface area contributed by atoms with Gasteiger partial charge < -0.3 is 5.32 Å². The van der Waals surface area contributed by atoms with Crippen LogP contribution in [0.15, 0.2) is 42.5 Å². The highest BCUT2D eigenvalue weighted by molar-refractivity contribution is 6.29. The molecule has 1 aromatic carbocycles. The van der Waals surface area contributed by atoms with E-state index in [0.717, 1.165) is 24.8 Å². The van der Waals surface area contributed by atoms with Gasteiger partial charge in [0.05, 0.1) is 10.5 Å². The lowest BCUT2D eigenvalue weighted by atomic mass is 9.72. The predicted molar refractivity (Wildman–Crippen MR) is 81.5 cm³/mol. The van der Waals surface area contributed by atoms with E-state index in [1.165, 1.54) is 12.1 Å². The van der Waals surface area contributed by atoms with Gasteiger partial charge in [0.25, 0.3) is 0 Å². The van der Waals surface area contributed by atoms with Gasteiger partial charge in [0, 0.05) is 6.07 Å². The molecule has 3 rings (SSSR count). The predicted octanol–water partition coefficient (Wildman–Crippen LogP) is 4.13. The van der Waals surface area contributed by atoms with Crippen molar-refractivity contribution in [2.24, 2.45) is 0 Å². The summed E-state index contributed by atoms with van der Waals surface area (Å²) in [5.41, 5.74) is 0.776. The van der Waals surface area contributed by atoms with Crippen molar-refractivity contribution in [3.05, 3.63) is 63.3 Å². The summed E-state index contributed by atoms with van der Waals surface area (Å²) in [7, 11) is 0. The number of halogens is 1. The lowest BCUT2D eigenvalue weighted by molar-refractivity contribution is -0.384. The van der Waals surface area contributed by atoms with Gasteiger partial charge in [-0.05, 0) is 30.9 Å². The highest BCUT2D eigenvalue weighted by atomic mass is 35.5. The third kappa shape index (κ3) is 2.56. The number of nitro groups is 1. The molecule has 21 heavy (non-hydrogen) atoms. The Morgan fingerprint density at radius 3 is 2.48 bits per heavy atom. The summed E-state index contributed by atoms with van der Waals surface area (Å²) in [5, 5.41) is 14.6. The SMILES string of the molecule is O=[N+]([O-])c1ccc(Cl)nc1NC1(c2ccccc2)CCC1. The van der Waals surface area contributed by atoms with Crippen molar-refractivity contribution < 1.29 is 4.92 Å².